The van der Waals surface area contributed by atoms with Crippen molar-refractivity contribution < 1.29 is 58.1 Å². The Kier molecular flexibility index (Phi) is 26.4. The molecule has 0 bridgehead atoms. The van der Waals surface area contributed by atoms with Gasteiger partial charge in [-0.2, -0.15) is 0 Å². The summed E-state index contributed by atoms with van der Waals surface area (Å²) >= 11 is 0. The zero-order chi connectivity index (χ0) is 53.2. The molecule has 71 heavy (non-hydrogen) atoms. The Morgan fingerprint density at radius 1 is 0.817 bits per heavy atom. The second-order valence-electron chi connectivity index (χ2n) is 17.5. The molecular weight excluding hydrogens is 921 g/mol. The molecule has 9 unspecified atom stereocenters. The van der Waals surface area contributed by atoms with Crippen LogP contribution in [0.15, 0.2) is 70.9 Å². The van der Waals surface area contributed by atoms with Gasteiger partial charge in [0.15, 0.2) is 5.96 Å². The van der Waals surface area contributed by atoms with Gasteiger partial charge in [0.2, 0.25) is 35.4 Å². The number of hydrogen-bond acceptors (Lipinski definition) is 11. The summed E-state index contributed by atoms with van der Waals surface area (Å²) in [7, 11) is 1.61. The molecule has 1 heterocycles. The highest BCUT2D eigenvalue weighted by molar-refractivity contribution is 6.00. The maximum absolute atomic E-state index is 14.3. The summed E-state index contributed by atoms with van der Waals surface area (Å²) in [4.78, 5) is 124. The number of hydrogen-bond donors (Lipinski definition) is 11. The summed E-state index contributed by atoms with van der Waals surface area (Å²) in [6, 6.07) is 1.18. The van der Waals surface area contributed by atoms with Gasteiger partial charge < -0.3 is 63.6 Å². The zero-order valence-electron chi connectivity index (χ0n) is 41.7. The number of carbonyl (C=O) groups is 9. The molecule has 9 atom stereocenters. The van der Waals surface area contributed by atoms with E-state index in [9.17, 15) is 53.4 Å². The van der Waals surface area contributed by atoms with Gasteiger partial charge in [0.25, 0.3) is 5.91 Å². The summed E-state index contributed by atoms with van der Waals surface area (Å²) in [5.74, 6) is -10.7. The van der Waals surface area contributed by atoms with Crippen LogP contribution in [0.25, 0.3) is 0 Å². The fourth-order valence-electron chi connectivity index (χ4n) is 7.43. The molecule has 22 heteroatoms. The Morgan fingerprint density at radius 3 is 2.04 bits per heavy atom. The number of ether oxygens (including phenoxy) is 1. The van der Waals surface area contributed by atoms with Gasteiger partial charge in [-0.15, -0.1) is 0 Å². The molecule has 392 valence electrons. The molecule has 1 aliphatic heterocycles. The minimum atomic E-state index is -1.84. The van der Waals surface area contributed by atoms with Crippen molar-refractivity contribution >= 4 is 59.2 Å². The number of allylic oxidation sites excluding steroid dienone is 3. The van der Waals surface area contributed by atoms with Gasteiger partial charge in [-0.3, -0.25) is 38.6 Å². The molecule has 0 saturated carbocycles. The molecule has 0 radical (unpaired) electrons. The fourth-order valence-corrected chi connectivity index (χ4v) is 7.43. The number of aliphatic carboxylic acids is 2. The normalized spacial score (nSPS) is 24.6. The van der Waals surface area contributed by atoms with Gasteiger partial charge in [-0.1, -0.05) is 100 Å². The first kappa shape index (κ1) is 60.0. The highest BCUT2D eigenvalue weighted by Crippen LogP contribution is 2.18. The summed E-state index contributed by atoms with van der Waals surface area (Å²) in [6.45, 7) is 9.90. The molecule has 1 aromatic carbocycles. The summed E-state index contributed by atoms with van der Waals surface area (Å²) in [5.41, 5.74) is 12.5. The average Bonchev–Trinajstić information content (AvgIpc) is 3.32. The number of unbranched alkanes of at least 4 members (excludes halogenated alkanes) is 2. The molecule has 0 aliphatic carbocycles. The first-order valence-electron chi connectivity index (χ1n) is 23.8. The van der Waals surface area contributed by atoms with Crippen LogP contribution in [0, 0.1) is 11.8 Å². The smallest absolute Gasteiger partial charge is 0.326 e. The van der Waals surface area contributed by atoms with E-state index < -0.39 is 115 Å². The van der Waals surface area contributed by atoms with Gasteiger partial charge in [0.05, 0.1) is 24.5 Å². The Morgan fingerprint density at radius 2 is 1.44 bits per heavy atom. The van der Waals surface area contributed by atoms with Crippen molar-refractivity contribution in [3.05, 3.63) is 71.5 Å². The maximum atomic E-state index is 14.3. The number of carbonyl (C=O) groups excluding carboxylic acids is 7. The topological polar surface area (TPSA) is 352 Å². The molecule has 22 nitrogen and oxygen atoms in total. The maximum Gasteiger partial charge on any atom is 0.326 e. The lowest BCUT2D eigenvalue weighted by molar-refractivity contribution is -0.144. The minimum absolute atomic E-state index is 0.0327. The molecule has 1 aromatic rings. The Bertz CT molecular complexity index is 2120. The second kappa shape index (κ2) is 31.2. The minimum Gasteiger partial charge on any atom is -0.480 e. The van der Waals surface area contributed by atoms with Crippen LogP contribution in [-0.2, 0) is 54.3 Å². The Labute approximate surface area is 415 Å². The third-order valence-electron chi connectivity index (χ3n) is 11.7. The van der Waals surface area contributed by atoms with Gasteiger partial charge in [-0.25, -0.2) is 9.59 Å². The highest BCUT2D eigenvalue weighted by Gasteiger charge is 2.34. The van der Waals surface area contributed by atoms with E-state index in [0.717, 1.165) is 12.0 Å². The van der Waals surface area contributed by atoms with Crippen molar-refractivity contribution in [3.8, 4) is 0 Å². The van der Waals surface area contributed by atoms with E-state index in [2.05, 4.69) is 42.2 Å². The van der Waals surface area contributed by atoms with Crippen LogP contribution >= 0.6 is 0 Å². The number of nitrogens with one attached hydrogen (secondary N) is 7. The summed E-state index contributed by atoms with van der Waals surface area (Å²) in [5, 5.41) is 37.7. The van der Waals surface area contributed by atoms with Gasteiger partial charge in [-0.05, 0) is 58.4 Å². The quantitative estimate of drug-likeness (QED) is 0.0341. The lowest BCUT2D eigenvalue weighted by Crippen LogP contribution is -2.56. The summed E-state index contributed by atoms with van der Waals surface area (Å²) in [6.07, 6.45) is 6.99. The third kappa shape index (κ3) is 22.0. The average molecular weight is 995 g/mol. The lowest BCUT2D eigenvalue weighted by Gasteiger charge is -2.27. The fraction of sp³-hybridized carbons (Fsp3) is 0.551. The first-order valence-corrected chi connectivity index (χ1v) is 23.8. The van der Waals surface area contributed by atoms with E-state index in [1.807, 2.05) is 50.3 Å². The molecule has 1 aliphatic rings. The number of methoxy groups -OCH3 is 1. The Hall–Kier alpha value is -7.10. The number of aliphatic imine (C=N–C) groups is 1. The van der Waals surface area contributed by atoms with Crippen LogP contribution < -0.4 is 48.7 Å². The van der Waals surface area contributed by atoms with Crippen LogP contribution in [0.3, 0.4) is 0 Å². The van der Waals surface area contributed by atoms with Crippen molar-refractivity contribution in [1.29, 1.82) is 0 Å². The molecule has 13 N–H and O–H groups in total. The number of rotatable bonds is 17. The van der Waals surface area contributed by atoms with Crippen LogP contribution in [0.2, 0.25) is 0 Å². The number of guanidine groups is 1. The Balaban J connectivity index is 2.68. The van der Waals surface area contributed by atoms with Crippen molar-refractivity contribution in [2.45, 2.75) is 148 Å². The van der Waals surface area contributed by atoms with E-state index in [-0.39, 0.29) is 49.5 Å². The number of nitrogens with zero attached hydrogens (tertiary/aromatic N) is 1. The number of amides is 7. The van der Waals surface area contributed by atoms with Gasteiger partial charge >= 0.3 is 11.9 Å². The van der Waals surface area contributed by atoms with Gasteiger partial charge in [0.1, 0.15) is 35.9 Å². The van der Waals surface area contributed by atoms with E-state index in [4.69, 9.17) is 16.2 Å². The molecule has 1 fully saturated rings. The van der Waals surface area contributed by atoms with Crippen LogP contribution in [0.1, 0.15) is 105 Å². The molecular formula is C49H74N10O12. The number of nitrogens with two attached hydrogens (primary N) is 2. The van der Waals surface area contributed by atoms with E-state index in [1.54, 1.807) is 20.1 Å². The lowest BCUT2D eigenvalue weighted by atomic mass is 9.94. The van der Waals surface area contributed by atoms with Crippen molar-refractivity contribution in [2.75, 3.05) is 13.7 Å². The molecule has 1 saturated heterocycles. The van der Waals surface area contributed by atoms with Crippen LogP contribution in [0.5, 0.6) is 0 Å². The number of carboxylic acid groups (broad SMARTS) is 2. The van der Waals surface area contributed by atoms with Crippen LogP contribution in [-0.4, -0.2) is 125 Å². The largest absolute Gasteiger partial charge is 0.480 e. The number of benzene rings is 1. The van der Waals surface area contributed by atoms with E-state index in [0.29, 0.717) is 24.8 Å². The van der Waals surface area contributed by atoms with Crippen molar-refractivity contribution in [3.63, 3.8) is 0 Å². The first-order chi connectivity index (χ1) is 33.6. The van der Waals surface area contributed by atoms with Gasteiger partial charge in [0, 0.05) is 26.0 Å². The van der Waals surface area contributed by atoms with Crippen molar-refractivity contribution in [2.24, 2.45) is 28.3 Å². The van der Waals surface area contributed by atoms with E-state index >= 15 is 0 Å². The van der Waals surface area contributed by atoms with Crippen molar-refractivity contribution in [1.82, 2.24) is 37.2 Å². The standard InChI is InChI=1S/C49H74N10O12/c1-8-10-12-18-36-46(66)59-38(48(69)70)27-41(61)55-35(19-15-24-52-49(50)51)45(65)56-34(21-20-28(3)25-29(4)39(71-7)26-32-16-13-11-14-17-32)30(5)42(62)58-37(47(67)68)22-23-40(60)54-33(9-2)44(64)53-31(6)43(63)57-36/h9,11,13-14,16-17,20-21,25,29-31,34-39H,8,10,12,15,18-19,22-24,26-27H2,1-7H3,(H,53,64)(H,54,60)(H,55,61)(H,56,65)(H,57,63)(H,58,62)(H,59,66)(H,67,68)(H,69,70)(H4,50,51,52)/b21-20+,28-25+,33-9+. The predicted molar refractivity (Wildman–Crippen MR) is 265 cm³/mol. The predicted octanol–water partition coefficient (Wildman–Crippen LogP) is 0.955. The molecule has 7 amide bonds. The van der Waals surface area contributed by atoms with E-state index in [1.165, 1.54) is 32.9 Å². The molecule has 2 rings (SSSR count). The highest BCUT2D eigenvalue weighted by atomic mass is 16.5. The zero-order valence-corrected chi connectivity index (χ0v) is 41.7. The number of carboxylic acids is 2. The molecule has 0 spiro atoms. The summed E-state index contributed by atoms with van der Waals surface area (Å²) < 4.78 is 5.81. The van der Waals surface area contributed by atoms with Crippen LogP contribution in [0.4, 0.5) is 0 Å². The molecule has 0 aromatic heterocycles. The third-order valence-corrected chi connectivity index (χ3v) is 11.7. The monoisotopic (exact) mass is 995 g/mol. The SMILES string of the molecule is C/C=C1/NC(=O)CCC(C(=O)O)NC(=O)C(C)C(/C=C/C(C)=C/C(C)C(Cc2ccccc2)OC)NC(=O)C(CCCN=C(N)N)NC(=O)CC(C(=O)O)NC(=O)C(CCCCC)NC(=O)C(C)NC1=O. The second-order valence-corrected chi connectivity index (χ2v) is 17.5.